The molecule has 0 radical (unpaired) electrons. The second-order valence-electron chi connectivity index (χ2n) is 6.49. The van der Waals surface area contributed by atoms with Crippen molar-refractivity contribution in [1.29, 1.82) is 0 Å². The number of hydrogen-bond donors (Lipinski definition) is 2. The molecule has 2 aromatic rings. The minimum Gasteiger partial charge on any atom is -0.461 e. The van der Waals surface area contributed by atoms with Crippen LogP contribution in [0.2, 0.25) is 0 Å². The maximum absolute atomic E-state index is 13.0. The summed E-state index contributed by atoms with van der Waals surface area (Å²) < 4.78 is 5.77. The number of amides is 1. The lowest BCUT2D eigenvalue weighted by Crippen LogP contribution is -2.36. The van der Waals surface area contributed by atoms with Gasteiger partial charge in [-0.05, 0) is 32.3 Å². The summed E-state index contributed by atoms with van der Waals surface area (Å²) in [7, 11) is 0. The van der Waals surface area contributed by atoms with Gasteiger partial charge in [-0.2, -0.15) is 0 Å². The summed E-state index contributed by atoms with van der Waals surface area (Å²) in [6.07, 6.45) is 1.55. The van der Waals surface area contributed by atoms with Crippen molar-refractivity contribution in [3.63, 3.8) is 0 Å². The predicted molar refractivity (Wildman–Crippen MR) is 90.7 cm³/mol. The van der Waals surface area contributed by atoms with E-state index in [1.54, 1.807) is 11.0 Å². The average Bonchev–Trinajstić information content (AvgIpc) is 2.88. The van der Waals surface area contributed by atoms with Crippen LogP contribution in [-0.4, -0.2) is 46.3 Å². The largest absolute Gasteiger partial charge is 0.461 e. The first kappa shape index (κ1) is 16.7. The highest BCUT2D eigenvalue weighted by Crippen LogP contribution is 2.29. The smallest absolute Gasteiger partial charge is 0.257 e. The highest BCUT2D eigenvalue weighted by molar-refractivity contribution is 5.99. The van der Waals surface area contributed by atoms with Gasteiger partial charge in [0.25, 0.3) is 5.91 Å². The van der Waals surface area contributed by atoms with E-state index >= 15 is 0 Å². The number of nitrogens with zero attached hydrogens (tertiary/aromatic N) is 1. The summed E-state index contributed by atoms with van der Waals surface area (Å²) in [6.45, 7) is 2.55. The van der Waals surface area contributed by atoms with Crippen LogP contribution in [0.4, 0.5) is 0 Å². The van der Waals surface area contributed by atoms with E-state index in [0.29, 0.717) is 49.4 Å². The number of aliphatic hydroxyl groups is 2. The first-order valence-electron chi connectivity index (χ1n) is 8.31. The normalized spacial score (nSPS) is 21.5. The van der Waals surface area contributed by atoms with Crippen LogP contribution in [0.3, 0.4) is 0 Å². The van der Waals surface area contributed by atoms with Gasteiger partial charge < -0.3 is 19.5 Å². The third kappa shape index (κ3) is 3.37. The quantitative estimate of drug-likeness (QED) is 0.908. The molecule has 1 aromatic heterocycles. The maximum atomic E-state index is 13.0. The molecule has 24 heavy (non-hydrogen) atoms. The molecule has 1 aliphatic rings. The van der Waals surface area contributed by atoms with E-state index in [1.807, 2.05) is 37.3 Å². The molecule has 1 atom stereocenters. The van der Waals surface area contributed by atoms with E-state index in [0.717, 1.165) is 5.56 Å². The number of aryl methyl sites for hydroxylation is 1. The first-order valence-corrected chi connectivity index (χ1v) is 8.31. The number of hydrogen-bond acceptors (Lipinski definition) is 4. The lowest BCUT2D eigenvalue weighted by molar-refractivity contribution is -0.0250. The van der Waals surface area contributed by atoms with Crippen molar-refractivity contribution in [2.24, 2.45) is 0 Å². The standard InChI is InChI=1S/C19H23NO4/c1-14-12-16(17(24-14)15-6-3-2-4-7-15)18(22)20-10-5-8-19(23,13-21)9-11-20/h2-4,6-7,12,21,23H,5,8-11,13H2,1H3/t19-/m0/s1. The second-order valence-corrected chi connectivity index (χ2v) is 6.49. The average molecular weight is 329 g/mol. The zero-order chi connectivity index (χ0) is 17.2. The molecule has 0 unspecified atom stereocenters. The zero-order valence-corrected chi connectivity index (χ0v) is 13.9. The first-order chi connectivity index (χ1) is 11.5. The van der Waals surface area contributed by atoms with E-state index < -0.39 is 5.60 Å². The van der Waals surface area contributed by atoms with Gasteiger partial charge in [-0.15, -0.1) is 0 Å². The second kappa shape index (κ2) is 6.79. The summed E-state index contributed by atoms with van der Waals surface area (Å²) in [4.78, 5) is 14.7. The predicted octanol–water partition coefficient (Wildman–Crippen LogP) is 2.60. The van der Waals surface area contributed by atoms with Gasteiger partial charge in [0.1, 0.15) is 11.5 Å². The Morgan fingerprint density at radius 2 is 2.00 bits per heavy atom. The van der Waals surface area contributed by atoms with Gasteiger partial charge in [0.2, 0.25) is 0 Å². The van der Waals surface area contributed by atoms with Crippen LogP contribution in [0.5, 0.6) is 0 Å². The van der Waals surface area contributed by atoms with Crippen LogP contribution in [0, 0.1) is 6.92 Å². The van der Waals surface area contributed by atoms with Crippen LogP contribution < -0.4 is 0 Å². The van der Waals surface area contributed by atoms with Gasteiger partial charge in [-0.3, -0.25) is 4.79 Å². The Hall–Kier alpha value is -2.11. The number of carbonyl (C=O) groups excluding carboxylic acids is 1. The molecule has 0 saturated carbocycles. The summed E-state index contributed by atoms with van der Waals surface area (Å²) in [5.74, 6) is 1.19. The molecule has 0 spiro atoms. The number of furan rings is 1. The monoisotopic (exact) mass is 329 g/mol. The minimum absolute atomic E-state index is 0.0899. The Balaban J connectivity index is 1.86. The van der Waals surface area contributed by atoms with Gasteiger partial charge in [0, 0.05) is 18.7 Å². The highest BCUT2D eigenvalue weighted by atomic mass is 16.3. The summed E-state index contributed by atoms with van der Waals surface area (Å²) in [5.41, 5.74) is 0.340. The number of rotatable bonds is 3. The van der Waals surface area contributed by atoms with Crippen molar-refractivity contribution in [2.45, 2.75) is 31.8 Å². The molecule has 2 N–H and O–H groups in total. The molecule has 128 valence electrons. The van der Waals surface area contributed by atoms with Crippen LogP contribution >= 0.6 is 0 Å². The number of carbonyl (C=O) groups is 1. The van der Waals surface area contributed by atoms with Gasteiger partial charge in [-0.25, -0.2) is 0 Å². The molecule has 1 fully saturated rings. The molecule has 1 amide bonds. The van der Waals surface area contributed by atoms with Gasteiger partial charge >= 0.3 is 0 Å². The fraction of sp³-hybridized carbons (Fsp3) is 0.421. The topological polar surface area (TPSA) is 73.9 Å². The fourth-order valence-electron chi connectivity index (χ4n) is 3.19. The Labute approximate surface area is 141 Å². The van der Waals surface area contributed by atoms with E-state index in [4.69, 9.17) is 4.42 Å². The molecule has 3 rings (SSSR count). The van der Waals surface area contributed by atoms with Gasteiger partial charge in [-0.1, -0.05) is 30.3 Å². The number of benzene rings is 1. The molecule has 1 aliphatic heterocycles. The van der Waals surface area contributed by atoms with Crippen LogP contribution in [0.1, 0.15) is 35.4 Å². The van der Waals surface area contributed by atoms with Crippen LogP contribution in [0.15, 0.2) is 40.8 Å². The highest BCUT2D eigenvalue weighted by Gasteiger charge is 2.32. The number of aliphatic hydroxyl groups excluding tert-OH is 1. The van der Waals surface area contributed by atoms with E-state index in [9.17, 15) is 15.0 Å². The minimum atomic E-state index is -1.08. The Kier molecular flexibility index (Phi) is 4.73. The molecular weight excluding hydrogens is 306 g/mol. The van der Waals surface area contributed by atoms with Crippen molar-refractivity contribution in [3.8, 4) is 11.3 Å². The van der Waals surface area contributed by atoms with E-state index in [1.165, 1.54) is 0 Å². The van der Waals surface area contributed by atoms with Crippen molar-refractivity contribution in [3.05, 3.63) is 47.7 Å². The van der Waals surface area contributed by atoms with Crippen molar-refractivity contribution in [2.75, 3.05) is 19.7 Å². The molecule has 0 bridgehead atoms. The summed E-state index contributed by atoms with van der Waals surface area (Å²) in [5, 5.41) is 19.6. The molecule has 1 saturated heterocycles. The van der Waals surface area contributed by atoms with E-state index in [-0.39, 0.29) is 12.5 Å². The molecular formula is C19H23NO4. The van der Waals surface area contributed by atoms with Gasteiger partial charge in [0.05, 0.1) is 17.8 Å². The van der Waals surface area contributed by atoms with Crippen molar-refractivity contribution in [1.82, 2.24) is 4.90 Å². The lowest BCUT2D eigenvalue weighted by atomic mass is 9.96. The third-order valence-corrected chi connectivity index (χ3v) is 4.62. The number of likely N-dealkylation sites (tertiary alicyclic amines) is 1. The summed E-state index contributed by atoms with van der Waals surface area (Å²) >= 11 is 0. The molecule has 0 aliphatic carbocycles. The Morgan fingerprint density at radius 3 is 2.71 bits per heavy atom. The van der Waals surface area contributed by atoms with Crippen LogP contribution in [0.25, 0.3) is 11.3 Å². The lowest BCUT2D eigenvalue weighted by Gasteiger charge is -2.24. The summed E-state index contributed by atoms with van der Waals surface area (Å²) in [6, 6.07) is 11.4. The maximum Gasteiger partial charge on any atom is 0.257 e. The van der Waals surface area contributed by atoms with Crippen LogP contribution in [-0.2, 0) is 0 Å². The fourth-order valence-corrected chi connectivity index (χ4v) is 3.19. The van der Waals surface area contributed by atoms with E-state index in [2.05, 4.69) is 0 Å². The molecule has 5 nitrogen and oxygen atoms in total. The third-order valence-electron chi connectivity index (χ3n) is 4.62. The molecule has 2 heterocycles. The van der Waals surface area contributed by atoms with Crippen molar-refractivity contribution >= 4 is 5.91 Å². The zero-order valence-electron chi connectivity index (χ0n) is 13.9. The Bertz CT molecular complexity index is 709. The SMILES string of the molecule is Cc1cc(C(=O)N2CCC[C@@](O)(CO)CC2)c(-c2ccccc2)o1. The van der Waals surface area contributed by atoms with Crippen molar-refractivity contribution < 1.29 is 19.4 Å². The van der Waals surface area contributed by atoms with Gasteiger partial charge in [0.15, 0.2) is 0 Å². The Morgan fingerprint density at radius 1 is 1.25 bits per heavy atom. The molecule has 5 heteroatoms. The molecule has 1 aromatic carbocycles.